The Morgan fingerprint density at radius 3 is 2.50 bits per heavy atom. The van der Waals surface area contributed by atoms with E-state index in [0.29, 0.717) is 39.3 Å². The van der Waals surface area contributed by atoms with Crippen molar-refractivity contribution in [2.24, 2.45) is 5.92 Å². The molecule has 0 saturated heterocycles. The van der Waals surface area contributed by atoms with Crippen LogP contribution in [-0.2, 0) is 9.53 Å². The van der Waals surface area contributed by atoms with E-state index in [1.807, 2.05) is 0 Å². The summed E-state index contributed by atoms with van der Waals surface area (Å²) in [5.41, 5.74) is 1.47. The molecule has 1 atom stereocenters. The van der Waals surface area contributed by atoms with Crippen molar-refractivity contribution < 1.29 is 13.9 Å². The molecule has 0 spiro atoms. The lowest BCUT2D eigenvalue weighted by Crippen LogP contribution is -2.31. The van der Waals surface area contributed by atoms with E-state index in [-0.39, 0.29) is 11.7 Å². The number of esters is 1. The summed E-state index contributed by atoms with van der Waals surface area (Å²) in [6, 6.07) is 5.77. The van der Waals surface area contributed by atoms with E-state index in [4.69, 9.17) is 4.74 Å². The predicted molar refractivity (Wildman–Crippen MR) is 116 cm³/mol. The molecule has 30 heavy (non-hydrogen) atoms. The second-order valence-corrected chi connectivity index (χ2v) is 8.95. The summed E-state index contributed by atoms with van der Waals surface area (Å²) in [6.07, 6.45) is -0.320. The first kappa shape index (κ1) is 22.1. The molecule has 0 bridgehead atoms. The fourth-order valence-corrected chi connectivity index (χ4v) is 4.09. The number of allylic oxidation sites excluding steroid dienone is 1. The molecule has 0 radical (unpaired) electrons. The van der Waals surface area contributed by atoms with E-state index >= 15 is 0 Å². The maximum atomic E-state index is 13.5. The lowest BCUT2D eigenvalue weighted by atomic mass is 9.82. The summed E-state index contributed by atoms with van der Waals surface area (Å²) in [5.74, 6) is 0.0194. The number of nitrogens with zero attached hydrogens (tertiary/aromatic N) is 1. The van der Waals surface area contributed by atoms with Gasteiger partial charge >= 0.3 is 5.97 Å². The number of aromatic nitrogens is 2. The number of fused-ring (bicyclic) bond motifs is 1. The predicted octanol–water partition coefficient (Wildman–Crippen LogP) is 4.44. The smallest absolute Gasteiger partial charge is 0.337 e. The van der Waals surface area contributed by atoms with Gasteiger partial charge in [-0.05, 0) is 44.4 Å². The number of halogens is 1. The summed E-state index contributed by atoms with van der Waals surface area (Å²) in [5, 5.41) is 3.62. The highest BCUT2D eigenvalue weighted by Crippen LogP contribution is 2.40. The Morgan fingerprint density at radius 1 is 1.23 bits per heavy atom. The summed E-state index contributed by atoms with van der Waals surface area (Å²) in [4.78, 5) is 33.4. The molecule has 0 saturated carbocycles. The number of ether oxygens (including phenoxy) is 1. The minimum atomic E-state index is -0.714. The fourth-order valence-electron chi connectivity index (χ4n) is 3.28. The highest BCUT2D eigenvalue weighted by molar-refractivity contribution is 7.99. The number of anilines is 1. The Hall–Kier alpha value is -2.61. The van der Waals surface area contributed by atoms with E-state index in [9.17, 15) is 14.0 Å². The van der Waals surface area contributed by atoms with E-state index in [1.165, 1.54) is 23.9 Å². The third-order valence-electron chi connectivity index (χ3n) is 4.54. The topological polar surface area (TPSA) is 84.1 Å². The number of thioether (sulfide) groups is 1. The number of hydrogen-bond acceptors (Lipinski definition) is 6. The Balaban J connectivity index is 2.14. The van der Waals surface area contributed by atoms with Crippen molar-refractivity contribution in [2.75, 3.05) is 11.1 Å². The van der Waals surface area contributed by atoms with Gasteiger partial charge in [0.05, 0.1) is 23.2 Å². The van der Waals surface area contributed by atoms with Crippen molar-refractivity contribution in [2.45, 2.75) is 51.8 Å². The van der Waals surface area contributed by atoms with Crippen LogP contribution >= 0.6 is 11.8 Å². The first-order valence-electron chi connectivity index (χ1n) is 9.88. The molecule has 1 aliphatic rings. The van der Waals surface area contributed by atoms with Crippen LogP contribution in [-0.4, -0.2) is 27.8 Å². The number of rotatable bonds is 6. The van der Waals surface area contributed by atoms with Gasteiger partial charge in [-0.3, -0.25) is 4.79 Å². The third kappa shape index (κ3) is 4.75. The van der Waals surface area contributed by atoms with Crippen molar-refractivity contribution in [3.05, 3.63) is 62.8 Å². The van der Waals surface area contributed by atoms with Gasteiger partial charge in [0.15, 0.2) is 5.16 Å². The molecule has 8 heteroatoms. The number of hydrogen-bond donors (Lipinski definition) is 2. The van der Waals surface area contributed by atoms with Gasteiger partial charge in [-0.25, -0.2) is 14.2 Å². The quantitative estimate of drug-likeness (QED) is 0.400. The van der Waals surface area contributed by atoms with Crippen LogP contribution in [0.3, 0.4) is 0 Å². The number of carbonyl (C=O) groups is 1. The van der Waals surface area contributed by atoms with Crippen LogP contribution in [0.25, 0.3) is 0 Å². The number of H-pyrrole nitrogens is 1. The standard InChI is InChI=1S/C22H26FN3O3S/c1-11(2)10-30-22-25-19-18(20(27)26-22)17(14-6-8-15(23)9-7-14)16(13(5)24-19)21(28)29-12(3)4/h6-9,11-12,17H,10H2,1-5H3,(H2,24,25,26,27). The van der Waals surface area contributed by atoms with Gasteiger partial charge in [-0.2, -0.15) is 0 Å². The summed E-state index contributed by atoms with van der Waals surface area (Å²) in [7, 11) is 0. The molecule has 2 aromatic rings. The van der Waals surface area contributed by atoms with Crippen molar-refractivity contribution in [3.63, 3.8) is 0 Å². The molecule has 2 N–H and O–H groups in total. The average Bonchev–Trinajstić information content (AvgIpc) is 2.65. The Kier molecular flexibility index (Phi) is 6.65. The summed E-state index contributed by atoms with van der Waals surface area (Å²) in [6.45, 7) is 9.45. The summed E-state index contributed by atoms with van der Waals surface area (Å²) < 4.78 is 19.0. The average molecular weight is 432 g/mol. The zero-order chi connectivity index (χ0) is 22.0. The van der Waals surface area contributed by atoms with E-state index in [1.54, 1.807) is 32.9 Å². The van der Waals surface area contributed by atoms with Crippen LogP contribution < -0.4 is 10.9 Å². The van der Waals surface area contributed by atoms with Crippen molar-refractivity contribution in [1.82, 2.24) is 9.97 Å². The molecule has 6 nitrogen and oxygen atoms in total. The van der Waals surface area contributed by atoms with Crippen molar-refractivity contribution in [3.8, 4) is 0 Å². The van der Waals surface area contributed by atoms with Gasteiger partial charge in [0.25, 0.3) is 5.56 Å². The first-order chi connectivity index (χ1) is 14.2. The highest BCUT2D eigenvalue weighted by Gasteiger charge is 2.36. The van der Waals surface area contributed by atoms with Crippen LogP contribution in [0.5, 0.6) is 0 Å². The molecule has 3 rings (SSSR count). The Labute approximate surface area is 179 Å². The highest BCUT2D eigenvalue weighted by atomic mass is 32.2. The molecular weight excluding hydrogens is 405 g/mol. The second kappa shape index (κ2) is 9.04. The molecule has 1 aromatic heterocycles. The zero-order valence-corrected chi connectivity index (χ0v) is 18.5. The number of aromatic amines is 1. The largest absolute Gasteiger partial charge is 0.460 e. The monoisotopic (exact) mass is 431 g/mol. The van der Waals surface area contributed by atoms with Gasteiger partial charge in [0.1, 0.15) is 11.6 Å². The van der Waals surface area contributed by atoms with Crippen LogP contribution in [0.1, 0.15) is 51.7 Å². The van der Waals surface area contributed by atoms with Crippen LogP contribution in [0, 0.1) is 11.7 Å². The molecule has 1 aliphatic heterocycles. The Bertz CT molecular complexity index is 1030. The minimum Gasteiger partial charge on any atom is -0.460 e. The van der Waals surface area contributed by atoms with Gasteiger partial charge in [-0.1, -0.05) is 37.7 Å². The zero-order valence-electron chi connectivity index (χ0n) is 17.7. The van der Waals surface area contributed by atoms with Crippen LogP contribution in [0.4, 0.5) is 10.2 Å². The maximum Gasteiger partial charge on any atom is 0.337 e. The molecule has 1 unspecified atom stereocenters. The normalized spacial score (nSPS) is 15.9. The van der Waals surface area contributed by atoms with E-state index < -0.39 is 17.7 Å². The number of nitrogens with one attached hydrogen (secondary N) is 2. The number of benzene rings is 1. The summed E-state index contributed by atoms with van der Waals surface area (Å²) >= 11 is 1.47. The van der Waals surface area contributed by atoms with E-state index in [2.05, 4.69) is 29.1 Å². The van der Waals surface area contributed by atoms with Crippen LogP contribution in [0.2, 0.25) is 0 Å². The Morgan fingerprint density at radius 2 is 1.90 bits per heavy atom. The molecule has 2 heterocycles. The molecular formula is C22H26FN3O3S. The molecule has 160 valence electrons. The lowest BCUT2D eigenvalue weighted by molar-refractivity contribution is -0.143. The van der Waals surface area contributed by atoms with Crippen molar-refractivity contribution >= 4 is 23.5 Å². The molecule has 0 aliphatic carbocycles. The van der Waals surface area contributed by atoms with Gasteiger partial charge in [0.2, 0.25) is 0 Å². The molecule has 0 amide bonds. The fraction of sp³-hybridized carbons (Fsp3) is 0.409. The van der Waals surface area contributed by atoms with Crippen LogP contribution in [0.15, 0.2) is 45.5 Å². The second-order valence-electron chi connectivity index (χ2n) is 7.94. The first-order valence-corrected chi connectivity index (χ1v) is 10.9. The van der Waals surface area contributed by atoms with Gasteiger partial charge in [-0.15, -0.1) is 0 Å². The SMILES string of the molecule is CC1=C(C(=O)OC(C)C)C(c2ccc(F)cc2)c2c(nc(SCC(C)C)[nH]c2=O)N1. The van der Waals surface area contributed by atoms with Crippen molar-refractivity contribution in [1.29, 1.82) is 0 Å². The lowest BCUT2D eigenvalue weighted by Gasteiger charge is -2.29. The maximum absolute atomic E-state index is 13.5. The van der Waals surface area contributed by atoms with Gasteiger partial charge in [0, 0.05) is 11.4 Å². The van der Waals surface area contributed by atoms with E-state index in [0.717, 1.165) is 5.75 Å². The van der Waals surface area contributed by atoms with Gasteiger partial charge < -0.3 is 15.0 Å². The molecule has 1 aromatic carbocycles. The third-order valence-corrected chi connectivity index (χ3v) is 5.84. The number of carbonyl (C=O) groups excluding carboxylic acids is 1. The molecule has 0 fully saturated rings. The minimum absolute atomic E-state index is 0.316.